The van der Waals surface area contributed by atoms with Crippen molar-refractivity contribution >= 4 is 51.4 Å². The van der Waals surface area contributed by atoms with Crippen molar-refractivity contribution in [3.63, 3.8) is 0 Å². The van der Waals surface area contributed by atoms with Crippen LogP contribution < -0.4 is 5.32 Å². The van der Waals surface area contributed by atoms with E-state index in [1.54, 1.807) is 11.3 Å². The smallest absolute Gasteiger partial charge is 0.129 e. The summed E-state index contributed by atoms with van der Waals surface area (Å²) in [5, 5.41) is 8.17. The van der Waals surface area contributed by atoms with Crippen molar-refractivity contribution in [3.8, 4) is 0 Å². The topological polar surface area (TPSA) is 37.8 Å². The lowest BCUT2D eigenvalue weighted by Crippen LogP contribution is -1.99. The first-order valence-corrected chi connectivity index (χ1v) is 7.05. The number of anilines is 1. The van der Waals surface area contributed by atoms with Gasteiger partial charge in [0.15, 0.2) is 0 Å². The highest BCUT2D eigenvalue weighted by atomic mass is 35.5. The minimum atomic E-state index is 0.681. The Morgan fingerprint density at radius 1 is 1.24 bits per heavy atom. The molecule has 0 saturated carbocycles. The number of nitrogens with zero attached hydrogens (tertiary/aromatic N) is 2. The van der Waals surface area contributed by atoms with Gasteiger partial charge in [-0.1, -0.05) is 11.6 Å². The fraction of sp³-hybridized carbons (Fsp3) is 0.0909. The standard InChI is InChI=1S/C11H8ClN3S2/c12-8-1-2-9-11(15-17-14-9)10(8)13-5-7-3-4-16-6-7/h1-4,6,13H,5H2. The molecule has 17 heavy (non-hydrogen) atoms. The molecule has 0 unspecified atom stereocenters. The molecular weight excluding hydrogens is 274 g/mol. The van der Waals surface area contributed by atoms with Gasteiger partial charge in [0.25, 0.3) is 0 Å². The molecule has 3 rings (SSSR count). The van der Waals surface area contributed by atoms with E-state index in [0.29, 0.717) is 5.02 Å². The maximum atomic E-state index is 6.18. The van der Waals surface area contributed by atoms with Gasteiger partial charge in [0.2, 0.25) is 0 Å². The zero-order valence-corrected chi connectivity index (χ0v) is 11.1. The Morgan fingerprint density at radius 2 is 2.18 bits per heavy atom. The fourth-order valence-electron chi connectivity index (χ4n) is 1.58. The monoisotopic (exact) mass is 281 g/mol. The number of halogens is 1. The zero-order valence-electron chi connectivity index (χ0n) is 8.68. The maximum absolute atomic E-state index is 6.18. The van der Waals surface area contributed by atoms with E-state index in [9.17, 15) is 0 Å². The second kappa shape index (κ2) is 4.60. The highest BCUT2D eigenvalue weighted by molar-refractivity contribution is 7.07. The summed E-state index contributed by atoms with van der Waals surface area (Å²) in [6.45, 7) is 0.750. The Hall–Kier alpha value is -1.17. The van der Waals surface area contributed by atoms with Crippen LogP contribution in [-0.4, -0.2) is 8.75 Å². The lowest BCUT2D eigenvalue weighted by molar-refractivity contribution is 1.17. The Labute approximate surface area is 111 Å². The first kappa shape index (κ1) is 11.0. The Balaban J connectivity index is 1.93. The summed E-state index contributed by atoms with van der Waals surface area (Å²) >= 11 is 9.07. The number of rotatable bonds is 3. The number of aromatic nitrogens is 2. The van der Waals surface area contributed by atoms with Crippen molar-refractivity contribution in [1.29, 1.82) is 0 Å². The van der Waals surface area contributed by atoms with Crippen LogP contribution in [0.3, 0.4) is 0 Å². The van der Waals surface area contributed by atoms with Gasteiger partial charge in [-0.25, -0.2) is 0 Å². The van der Waals surface area contributed by atoms with Crippen LogP contribution in [0.4, 0.5) is 5.69 Å². The molecule has 3 nitrogen and oxygen atoms in total. The van der Waals surface area contributed by atoms with Crippen LogP contribution in [0.1, 0.15) is 5.56 Å². The molecule has 0 amide bonds. The van der Waals surface area contributed by atoms with Crippen LogP contribution in [0, 0.1) is 0 Å². The van der Waals surface area contributed by atoms with Gasteiger partial charge in [0.1, 0.15) is 11.0 Å². The average molecular weight is 282 g/mol. The molecule has 0 bridgehead atoms. The lowest BCUT2D eigenvalue weighted by atomic mass is 10.2. The molecule has 1 N–H and O–H groups in total. The summed E-state index contributed by atoms with van der Waals surface area (Å²) in [5.41, 5.74) is 3.83. The molecule has 2 aromatic heterocycles. The molecule has 2 heterocycles. The molecule has 0 atom stereocenters. The minimum Gasteiger partial charge on any atom is -0.378 e. The van der Waals surface area contributed by atoms with Crippen molar-refractivity contribution in [2.75, 3.05) is 5.32 Å². The van der Waals surface area contributed by atoms with Gasteiger partial charge in [-0.05, 0) is 34.5 Å². The van der Waals surface area contributed by atoms with Crippen molar-refractivity contribution in [2.45, 2.75) is 6.54 Å². The number of hydrogen-bond donors (Lipinski definition) is 1. The zero-order chi connectivity index (χ0) is 11.7. The van der Waals surface area contributed by atoms with Gasteiger partial charge in [-0.3, -0.25) is 0 Å². The second-order valence-electron chi connectivity index (χ2n) is 3.54. The van der Waals surface area contributed by atoms with Crippen molar-refractivity contribution in [1.82, 2.24) is 8.75 Å². The van der Waals surface area contributed by atoms with Gasteiger partial charge >= 0.3 is 0 Å². The molecule has 1 aromatic carbocycles. The molecular formula is C11H8ClN3S2. The Morgan fingerprint density at radius 3 is 3.00 bits per heavy atom. The molecule has 0 aliphatic rings. The maximum Gasteiger partial charge on any atom is 0.129 e. The van der Waals surface area contributed by atoms with E-state index in [4.69, 9.17) is 11.6 Å². The number of hydrogen-bond acceptors (Lipinski definition) is 5. The third kappa shape index (κ3) is 2.13. The molecule has 0 saturated heterocycles. The number of benzene rings is 1. The van der Waals surface area contributed by atoms with Crippen molar-refractivity contribution in [3.05, 3.63) is 39.5 Å². The quantitative estimate of drug-likeness (QED) is 0.788. The van der Waals surface area contributed by atoms with Gasteiger partial charge in [-0.15, -0.1) is 0 Å². The Kier molecular flexibility index (Phi) is 2.96. The fourth-order valence-corrected chi connectivity index (χ4v) is 3.01. The normalized spacial score (nSPS) is 10.9. The third-order valence-corrected chi connectivity index (χ3v) is 4.02. The SMILES string of the molecule is Clc1ccc2nsnc2c1NCc1ccsc1. The molecule has 6 heteroatoms. The lowest BCUT2D eigenvalue weighted by Gasteiger charge is -2.07. The number of nitrogens with one attached hydrogen (secondary N) is 1. The predicted molar refractivity (Wildman–Crippen MR) is 74.1 cm³/mol. The van der Waals surface area contributed by atoms with E-state index in [1.165, 1.54) is 17.3 Å². The van der Waals surface area contributed by atoms with Crippen LogP contribution >= 0.6 is 34.7 Å². The van der Waals surface area contributed by atoms with E-state index in [2.05, 4.69) is 30.9 Å². The van der Waals surface area contributed by atoms with Crippen LogP contribution in [0.5, 0.6) is 0 Å². The highest BCUT2D eigenvalue weighted by Crippen LogP contribution is 2.30. The van der Waals surface area contributed by atoms with Gasteiger partial charge in [0, 0.05) is 6.54 Å². The molecule has 0 radical (unpaired) electrons. The van der Waals surface area contributed by atoms with Crippen molar-refractivity contribution < 1.29 is 0 Å². The predicted octanol–water partition coefficient (Wildman–Crippen LogP) is 4.02. The molecule has 0 aliphatic heterocycles. The van der Waals surface area contributed by atoms with Gasteiger partial charge in [0.05, 0.1) is 22.4 Å². The summed E-state index contributed by atoms with van der Waals surface area (Å²) in [6.07, 6.45) is 0. The second-order valence-corrected chi connectivity index (χ2v) is 5.26. The van der Waals surface area contributed by atoms with E-state index >= 15 is 0 Å². The van der Waals surface area contributed by atoms with E-state index in [0.717, 1.165) is 23.3 Å². The van der Waals surface area contributed by atoms with Gasteiger partial charge < -0.3 is 5.32 Å². The summed E-state index contributed by atoms with van der Waals surface area (Å²) in [4.78, 5) is 0. The summed E-state index contributed by atoms with van der Waals surface area (Å²) in [5.74, 6) is 0. The van der Waals surface area contributed by atoms with Crippen LogP contribution in [-0.2, 0) is 6.54 Å². The molecule has 86 valence electrons. The van der Waals surface area contributed by atoms with E-state index in [-0.39, 0.29) is 0 Å². The third-order valence-electron chi connectivity index (χ3n) is 2.43. The summed E-state index contributed by atoms with van der Waals surface area (Å²) in [7, 11) is 0. The molecule has 3 aromatic rings. The van der Waals surface area contributed by atoms with E-state index in [1.807, 2.05) is 12.1 Å². The summed E-state index contributed by atoms with van der Waals surface area (Å²) in [6, 6.07) is 5.82. The van der Waals surface area contributed by atoms with Gasteiger partial charge in [-0.2, -0.15) is 20.1 Å². The highest BCUT2D eigenvalue weighted by Gasteiger charge is 2.09. The van der Waals surface area contributed by atoms with E-state index < -0.39 is 0 Å². The largest absolute Gasteiger partial charge is 0.378 e. The average Bonchev–Trinajstić information content (AvgIpc) is 2.97. The molecule has 0 spiro atoms. The van der Waals surface area contributed by atoms with Crippen LogP contribution in [0.25, 0.3) is 11.0 Å². The summed E-state index contributed by atoms with van der Waals surface area (Å²) < 4.78 is 8.47. The first-order chi connectivity index (χ1) is 8.34. The number of thiophene rings is 1. The molecule has 0 fully saturated rings. The van der Waals surface area contributed by atoms with Crippen molar-refractivity contribution in [2.24, 2.45) is 0 Å². The number of fused-ring (bicyclic) bond motifs is 1. The van der Waals surface area contributed by atoms with Crippen LogP contribution in [0.2, 0.25) is 5.02 Å². The minimum absolute atomic E-state index is 0.681. The van der Waals surface area contributed by atoms with Crippen LogP contribution in [0.15, 0.2) is 29.0 Å². The first-order valence-electron chi connectivity index (χ1n) is 5.00. The Bertz CT molecular complexity index is 633. The molecule has 0 aliphatic carbocycles.